The molecule has 3 nitrogen and oxygen atoms in total. The molecule has 22 heavy (non-hydrogen) atoms. The number of rotatable bonds is 2. The molecule has 0 saturated heterocycles. The minimum Gasteiger partial charge on any atom is -0.497 e. The van der Waals surface area contributed by atoms with Gasteiger partial charge >= 0.3 is 0 Å². The van der Waals surface area contributed by atoms with Gasteiger partial charge in [0.1, 0.15) is 5.75 Å². The number of ether oxygens (including phenoxy) is 1. The van der Waals surface area contributed by atoms with Gasteiger partial charge in [0.15, 0.2) is 0 Å². The van der Waals surface area contributed by atoms with Gasteiger partial charge in [0.25, 0.3) is 5.91 Å². The normalized spacial score (nSPS) is 13.4. The molecule has 1 amide bonds. The fraction of sp³-hybridized carbons (Fsp3) is 0.167. The fourth-order valence-electron chi connectivity index (χ4n) is 2.31. The molecule has 4 heteroatoms. The third-order valence-corrected chi connectivity index (χ3v) is 4.76. The van der Waals surface area contributed by atoms with E-state index in [1.807, 2.05) is 62.4 Å². The van der Waals surface area contributed by atoms with E-state index in [0.29, 0.717) is 5.56 Å². The molecule has 0 aromatic heterocycles. The molecule has 0 N–H and O–H groups in total. The first kappa shape index (κ1) is 14.7. The van der Waals surface area contributed by atoms with E-state index in [1.54, 1.807) is 11.4 Å². The van der Waals surface area contributed by atoms with Crippen LogP contribution in [0.4, 0.5) is 0 Å². The van der Waals surface area contributed by atoms with Crippen molar-refractivity contribution >= 4 is 23.9 Å². The van der Waals surface area contributed by atoms with Crippen molar-refractivity contribution in [3.8, 4) is 5.75 Å². The summed E-state index contributed by atoms with van der Waals surface area (Å²) in [6, 6.07) is 13.5. The van der Waals surface area contributed by atoms with Gasteiger partial charge in [-0.3, -0.25) is 4.79 Å². The van der Waals surface area contributed by atoms with Crippen molar-refractivity contribution in [3.05, 3.63) is 64.9 Å². The Labute approximate surface area is 134 Å². The molecule has 0 atom stereocenters. The largest absolute Gasteiger partial charge is 0.497 e. The lowest BCUT2D eigenvalue weighted by Gasteiger charge is -2.27. The standard InChI is InChI=1S/C18H17NO2S/c1-12-4-6-14(7-5-12)18(20)19-13(2)10-15-8-9-16(21-3)11-17(15)22-19/h4-11H,1-3H3. The molecule has 3 rings (SSSR count). The van der Waals surface area contributed by atoms with Gasteiger partial charge in [0.2, 0.25) is 0 Å². The predicted octanol–water partition coefficient (Wildman–Crippen LogP) is 4.53. The van der Waals surface area contributed by atoms with Crippen LogP contribution in [0.3, 0.4) is 0 Å². The number of carbonyl (C=O) groups is 1. The number of aryl methyl sites for hydroxylation is 1. The van der Waals surface area contributed by atoms with Crippen LogP contribution < -0.4 is 4.74 Å². The van der Waals surface area contributed by atoms with Gasteiger partial charge in [-0.2, -0.15) is 0 Å². The molecule has 0 unspecified atom stereocenters. The minimum absolute atomic E-state index is 0.00720. The highest BCUT2D eigenvalue weighted by Crippen LogP contribution is 2.38. The number of carbonyl (C=O) groups excluding carboxylic acids is 1. The van der Waals surface area contributed by atoms with Crippen LogP contribution in [0.5, 0.6) is 5.75 Å². The quantitative estimate of drug-likeness (QED) is 0.763. The van der Waals surface area contributed by atoms with Gasteiger partial charge in [-0.05, 0) is 61.7 Å². The van der Waals surface area contributed by atoms with Crippen LogP contribution in [0, 0.1) is 6.92 Å². The van der Waals surface area contributed by atoms with Crippen molar-refractivity contribution < 1.29 is 9.53 Å². The molecule has 2 aromatic rings. The highest BCUT2D eigenvalue weighted by Gasteiger charge is 2.24. The third kappa shape index (κ3) is 2.74. The molecular formula is C18H17NO2S. The highest BCUT2D eigenvalue weighted by atomic mass is 32.2. The zero-order valence-electron chi connectivity index (χ0n) is 12.8. The second-order valence-electron chi connectivity index (χ2n) is 5.25. The average Bonchev–Trinajstić information content (AvgIpc) is 2.54. The molecular weight excluding hydrogens is 294 g/mol. The number of hydrogen-bond acceptors (Lipinski definition) is 3. The first-order chi connectivity index (χ1) is 10.6. The van der Waals surface area contributed by atoms with Crippen molar-refractivity contribution in [1.82, 2.24) is 4.31 Å². The molecule has 112 valence electrons. The maximum Gasteiger partial charge on any atom is 0.268 e. The summed E-state index contributed by atoms with van der Waals surface area (Å²) in [6.07, 6.45) is 2.03. The third-order valence-electron chi connectivity index (χ3n) is 3.58. The summed E-state index contributed by atoms with van der Waals surface area (Å²) in [4.78, 5) is 13.7. The monoisotopic (exact) mass is 311 g/mol. The summed E-state index contributed by atoms with van der Waals surface area (Å²) in [7, 11) is 1.64. The Morgan fingerprint density at radius 3 is 2.50 bits per heavy atom. The molecule has 1 aliphatic rings. The van der Waals surface area contributed by atoms with Crippen LogP contribution in [-0.2, 0) is 0 Å². The summed E-state index contributed by atoms with van der Waals surface area (Å²) in [6.45, 7) is 3.96. The SMILES string of the molecule is COc1ccc2c(c1)SN(C(=O)c1ccc(C)cc1)C(C)=C2. The lowest BCUT2D eigenvalue weighted by molar-refractivity contribution is 0.0898. The van der Waals surface area contributed by atoms with E-state index < -0.39 is 0 Å². The lowest BCUT2D eigenvalue weighted by atomic mass is 10.1. The number of hydrogen-bond donors (Lipinski definition) is 0. The molecule has 0 fully saturated rings. The second-order valence-corrected chi connectivity index (χ2v) is 6.23. The van der Waals surface area contributed by atoms with E-state index >= 15 is 0 Å². The van der Waals surface area contributed by atoms with E-state index in [0.717, 1.165) is 27.5 Å². The Kier molecular flexibility index (Phi) is 3.94. The Hall–Kier alpha value is -2.20. The Bertz CT molecular complexity index is 750. The number of benzene rings is 2. The minimum atomic E-state index is -0.00720. The van der Waals surface area contributed by atoms with Crippen LogP contribution in [0.2, 0.25) is 0 Å². The van der Waals surface area contributed by atoms with E-state index in [-0.39, 0.29) is 5.91 Å². The number of amides is 1. The predicted molar refractivity (Wildman–Crippen MR) is 89.9 cm³/mol. The molecule has 0 saturated carbocycles. The molecule has 1 aliphatic heterocycles. The summed E-state index contributed by atoms with van der Waals surface area (Å²) in [5, 5.41) is 0. The van der Waals surface area contributed by atoms with Gasteiger partial charge in [-0.1, -0.05) is 23.8 Å². The zero-order valence-corrected chi connectivity index (χ0v) is 13.6. The average molecular weight is 311 g/mol. The van der Waals surface area contributed by atoms with Crippen LogP contribution in [0.1, 0.15) is 28.4 Å². The maximum atomic E-state index is 12.7. The van der Waals surface area contributed by atoms with E-state index in [9.17, 15) is 4.79 Å². The van der Waals surface area contributed by atoms with Crippen molar-refractivity contribution in [3.63, 3.8) is 0 Å². The second kappa shape index (κ2) is 5.89. The number of methoxy groups -OCH3 is 1. The van der Waals surface area contributed by atoms with Crippen molar-refractivity contribution in [1.29, 1.82) is 0 Å². The Morgan fingerprint density at radius 2 is 1.82 bits per heavy atom. The van der Waals surface area contributed by atoms with E-state index in [1.165, 1.54) is 11.9 Å². The van der Waals surface area contributed by atoms with Gasteiger partial charge in [0, 0.05) is 16.2 Å². The summed E-state index contributed by atoms with van der Waals surface area (Å²) >= 11 is 1.44. The molecule has 0 radical (unpaired) electrons. The van der Waals surface area contributed by atoms with Gasteiger partial charge in [-0.15, -0.1) is 0 Å². The van der Waals surface area contributed by atoms with Gasteiger partial charge in [-0.25, -0.2) is 4.31 Å². The van der Waals surface area contributed by atoms with Gasteiger partial charge in [0.05, 0.1) is 7.11 Å². The number of allylic oxidation sites excluding steroid dienone is 1. The summed E-state index contributed by atoms with van der Waals surface area (Å²) in [5.74, 6) is 0.786. The molecule has 0 spiro atoms. The molecule has 2 aromatic carbocycles. The fourth-order valence-corrected chi connectivity index (χ4v) is 3.29. The first-order valence-corrected chi connectivity index (χ1v) is 7.81. The molecule has 1 heterocycles. The van der Waals surface area contributed by atoms with Gasteiger partial charge < -0.3 is 4.74 Å². The van der Waals surface area contributed by atoms with Crippen molar-refractivity contribution in [2.24, 2.45) is 0 Å². The van der Waals surface area contributed by atoms with E-state index in [2.05, 4.69) is 0 Å². The highest BCUT2D eigenvalue weighted by molar-refractivity contribution is 7.97. The van der Waals surface area contributed by atoms with Crippen molar-refractivity contribution in [2.45, 2.75) is 18.7 Å². The van der Waals surface area contributed by atoms with Crippen LogP contribution in [0.15, 0.2) is 53.1 Å². The maximum absolute atomic E-state index is 12.7. The molecule has 0 bridgehead atoms. The summed E-state index contributed by atoms with van der Waals surface area (Å²) in [5.41, 5.74) is 3.87. The Morgan fingerprint density at radius 1 is 1.09 bits per heavy atom. The zero-order chi connectivity index (χ0) is 15.7. The summed E-state index contributed by atoms with van der Waals surface area (Å²) < 4.78 is 6.99. The van der Waals surface area contributed by atoms with Crippen molar-refractivity contribution in [2.75, 3.05) is 7.11 Å². The topological polar surface area (TPSA) is 29.5 Å². The van der Waals surface area contributed by atoms with E-state index in [4.69, 9.17) is 4.74 Å². The lowest BCUT2D eigenvalue weighted by Crippen LogP contribution is -2.24. The Balaban J connectivity index is 1.92. The number of nitrogens with zero attached hydrogens (tertiary/aromatic N) is 1. The first-order valence-electron chi connectivity index (χ1n) is 7.04. The number of fused-ring (bicyclic) bond motifs is 1. The molecule has 0 aliphatic carbocycles. The smallest absolute Gasteiger partial charge is 0.268 e. The van der Waals surface area contributed by atoms with Crippen LogP contribution in [-0.4, -0.2) is 17.3 Å². The van der Waals surface area contributed by atoms with Crippen LogP contribution in [0.25, 0.3) is 6.08 Å². The van der Waals surface area contributed by atoms with Crippen LogP contribution >= 0.6 is 11.9 Å².